The summed E-state index contributed by atoms with van der Waals surface area (Å²) in [5, 5.41) is 8.40. The van der Waals surface area contributed by atoms with E-state index in [-0.39, 0.29) is 16.4 Å². The third-order valence-electron chi connectivity index (χ3n) is 4.71. The predicted molar refractivity (Wildman–Crippen MR) is 119 cm³/mol. The number of nitrogens with zero attached hydrogens (tertiary/aromatic N) is 3. The minimum Gasteiger partial charge on any atom is -0.497 e. The molecule has 0 radical (unpaired) electrons. The van der Waals surface area contributed by atoms with E-state index in [0.29, 0.717) is 28.8 Å². The number of aromatic nitrogens is 1. The number of hydrogen-bond donors (Lipinski definition) is 2. The number of guanidine groups is 1. The van der Waals surface area contributed by atoms with Gasteiger partial charge in [-0.15, -0.1) is 5.10 Å². The predicted octanol–water partition coefficient (Wildman–Crippen LogP) is 3.19. The molecular weight excluding hydrogens is 421 g/mol. The molecule has 0 aliphatic rings. The molecule has 1 aromatic heterocycles. The van der Waals surface area contributed by atoms with Crippen molar-refractivity contribution >= 4 is 32.6 Å². The van der Waals surface area contributed by atoms with Crippen molar-refractivity contribution < 1.29 is 17.5 Å². The topological polar surface area (TPSA) is 125 Å². The number of methoxy groups -OCH3 is 1. The lowest BCUT2D eigenvalue weighted by molar-refractivity contribution is 0.414. The average molecular weight is 446 g/mol. The van der Waals surface area contributed by atoms with Crippen molar-refractivity contribution in [2.24, 2.45) is 21.7 Å². The summed E-state index contributed by atoms with van der Waals surface area (Å²) >= 11 is 0. The van der Waals surface area contributed by atoms with Gasteiger partial charge in [-0.2, -0.15) is 5.10 Å². The quantitative estimate of drug-likeness (QED) is 0.313. The minimum atomic E-state index is -4.02. The Kier molecular flexibility index (Phi) is 6.59. The fourth-order valence-corrected chi connectivity index (χ4v) is 4.52. The molecule has 0 bridgehead atoms. The third-order valence-corrected chi connectivity index (χ3v) is 6.40. The molecule has 2 aromatic carbocycles. The molecule has 0 fully saturated rings. The molecule has 0 aliphatic heterocycles. The van der Waals surface area contributed by atoms with Crippen molar-refractivity contribution in [2.45, 2.75) is 31.1 Å². The fraction of sp³-hybridized carbons (Fsp3) is 0.238. The Morgan fingerprint density at radius 1 is 1.13 bits per heavy atom. The van der Waals surface area contributed by atoms with Crippen molar-refractivity contribution in [3.63, 3.8) is 0 Å². The number of ether oxygens (including phenoxy) is 1. The van der Waals surface area contributed by atoms with E-state index in [1.165, 1.54) is 43.6 Å². The van der Waals surface area contributed by atoms with E-state index in [2.05, 4.69) is 10.2 Å². The normalized spacial score (nSPS) is 12.2. The molecule has 0 saturated carbocycles. The SMILES string of the molecule is CCCC/C(=N\N=C(N)N)c1cn(S(=O)(=O)c2ccc(OC)cc2)c2cc(F)ccc12. The van der Waals surface area contributed by atoms with E-state index >= 15 is 0 Å². The van der Waals surface area contributed by atoms with Crippen LogP contribution in [0.4, 0.5) is 4.39 Å². The van der Waals surface area contributed by atoms with Gasteiger partial charge in [0.2, 0.25) is 5.96 Å². The Balaban J connectivity index is 2.24. The number of fused-ring (bicyclic) bond motifs is 1. The van der Waals surface area contributed by atoms with Crippen LogP contribution in [0.1, 0.15) is 31.7 Å². The molecule has 8 nitrogen and oxygen atoms in total. The monoisotopic (exact) mass is 445 g/mol. The molecule has 31 heavy (non-hydrogen) atoms. The van der Waals surface area contributed by atoms with Crippen molar-refractivity contribution in [3.05, 3.63) is 60.0 Å². The van der Waals surface area contributed by atoms with Crippen LogP contribution in [0.25, 0.3) is 10.9 Å². The maximum atomic E-state index is 14.1. The second-order valence-electron chi connectivity index (χ2n) is 6.86. The first kappa shape index (κ1) is 22.3. The third kappa shape index (κ3) is 4.69. The number of rotatable bonds is 8. The summed E-state index contributed by atoms with van der Waals surface area (Å²) < 4.78 is 46.9. The standard InChI is InChI=1S/C21H24FN5O3S/c1-3-4-5-19(25-26-21(23)24)18-13-27(20-12-14(22)6-11-17(18)20)31(28,29)16-9-7-15(30-2)8-10-16/h6-13H,3-5H2,1-2H3,(H4,23,24,26)/b25-19+. The van der Waals surface area contributed by atoms with E-state index in [1.807, 2.05) is 6.92 Å². The summed E-state index contributed by atoms with van der Waals surface area (Å²) in [6.07, 6.45) is 3.63. The molecule has 0 saturated heterocycles. The molecule has 3 rings (SSSR count). The first-order chi connectivity index (χ1) is 14.8. The van der Waals surface area contributed by atoms with E-state index in [0.717, 1.165) is 16.8 Å². The van der Waals surface area contributed by atoms with Crippen molar-refractivity contribution in [2.75, 3.05) is 7.11 Å². The second-order valence-corrected chi connectivity index (χ2v) is 8.67. The molecule has 10 heteroatoms. The summed E-state index contributed by atoms with van der Waals surface area (Å²) in [7, 11) is -2.53. The maximum absolute atomic E-state index is 14.1. The second kappa shape index (κ2) is 9.17. The summed E-state index contributed by atoms with van der Waals surface area (Å²) in [5.41, 5.74) is 12.1. The highest BCUT2D eigenvalue weighted by Crippen LogP contribution is 2.29. The lowest BCUT2D eigenvalue weighted by Gasteiger charge is -2.08. The Bertz CT molecular complexity index is 1240. The summed E-state index contributed by atoms with van der Waals surface area (Å²) in [5.74, 6) is -0.247. The van der Waals surface area contributed by atoms with Gasteiger partial charge in [0.05, 0.1) is 23.2 Å². The van der Waals surface area contributed by atoms with Crippen LogP contribution in [0.3, 0.4) is 0 Å². The van der Waals surface area contributed by atoms with Crippen LogP contribution < -0.4 is 16.2 Å². The van der Waals surface area contributed by atoms with Crippen LogP contribution in [0.5, 0.6) is 5.75 Å². The number of benzene rings is 2. The first-order valence-corrected chi connectivity index (χ1v) is 11.1. The van der Waals surface area contributed by atoms with Crippen molar-refractivity contribution in [1.29, 1.82) is 0 Å². The fourth-order valence-electron chi connectivity index (χ4n) is 3.16. The average Bonchev–Trinajstić information content (AvgIpc) is 3.13. The smallest absolute Gasteiger partial charge is 0.268 e. The summed E-state index contributed by atoms with van der Waals surface area (Å²) in [4.78, 5) is 0.0391. The van der Waals surface area contributed by atoms with E-state index in [1.54, 1.807) is 12.1 Å². The van der Waals surface area contributed by atoms with Gasteiger partial charge >= 0.3 is 0 Å². The van der Waals surface area contributed by atoms with Crippen molar-refractivity contribution in [3.8, 4) is 5.75 Å². The maximum Gasteiger partial charge on any atom is 0.268 e. The number of halogens is 1. The highest BCUT2D eigenvalue weighted by Gasteiger charge is 2.23. The minimum absolute atomic E-state index is 0.0391. The van der Waals surface area contributed by atoms with E-state index in [4.69, 9.17) is 16.2 Å². The highest BCUT2D eigenvalue weighted by atomic mass is 32.2. The number of nitrogens with two attached hydrogens (primary N) is 2. The zero-order chi connectivity index (χ0) is 22.6. The molecule has 0 spiro atoms. The van der Waals surface area contributed by atoms with Gasteiger partial charge in [-0.25, -0.2) is 16.8 Å². The Morgan fingerprint density at radius 2 is 1.84 bits per heavy atom. The van der Waals surface area contributed by atoms with Gasteiger partial charge < -0.3 is 16.2 Å². The first-order valence-electron chi connectivity index (χ1n) is 9.64. The zero-order valence-electron chi connectivity index (χ0n) is 17.2. The van der Waals surface area contributed by atoms with Crippen LogP contribution in [0, 0.1) is 5.82 Å². The van der Waals surface area contributed by atoms with Gasteiger partial charge in [0.25, 0.3) is 10.0 Å². The molecule has 1 heterocycles. The van der Waals surface area contributed by atoms with Gasteiger partial charge in [-0.1, -0.05) is 13.3 Å². The summed E-state index contributed by atoms with van der Waals surface area (Å²) in [6.45, 7) is 2.02. The highest BCUT2D eigenvalue weighted by molar-refractivity contribution is 7.90. The summed E-state index contributed by atoms with van der Waals surface area (Å²) in [6, 6.07) is 9.94. The number of unbranched alkanes of at least 4 members (excludes halogenated alkanes) is 1. The molecule has 0 aliphatic carbocycles. The van der Waals surface area contributed by atoms with Crippen LogP contribution in [0.2, 0.25) is 0 Å². The Labute approximate surface area is 180 Å². The van der Waals surface area contributed by atoms with Gasteiger partial charge in [0, 0.05) is 17.1 Å². The lowest BCUT2D eigenvalue weighted by Crippen LogP contribution is -2.22. The zero-order valence-corrected chi connectivity index (χ0v) is 18.1. The molecule has 3 aromatic rings. The Hall–Kier alpha value is -3.40. The largest absolute Gasteiger partial charge is 0.497 e. The molecule has 0 amide bonds. The molecular formula is C21H24FN5O3S. The van der Waals surface area contributed by atoms with Crippen molar-refractivity contribution in [1.82, 2.24) is 3.97 Å². The van der Waals surface area contributed by atoms with Crippen LogP contribution >= 0.6 is 0 Å². The van der Waals surface area contributed by atoms with Crippen LogP contribution in [0.15, 0.2) is 63.8 Å². The van der Waals surface area contributed by atoms with Gasteiger partial charge in [0.15, 0.2) is 0 Å². The molecule has 0 unspecified atom stereocenters. The number of hydrogen-bond acceptors (Lipinski definition) is 5. The van der Waals surface area contributed by atoms with E-state index in [9.17, 15) is 12.8 Å². The molecule has 164 valence electrons. The molecule has 0 atom stereocenters. The molecule has 4 N–H and O–H groups in total. The van der Waals surface area contributed by atoms with E-state index < -0.39 is 15.8 Å². The van der Waals surface area contributed by atoms with Gasteiger partial charge in [-0.05, 0) is 55.3 Å². The Morgan fingerprint density at radius 3 is 2.45 bits per heavy atom. The van der Waals surface area contributed by atoms with Crippen LogP contribution in [-0.4, -0.2) is 31.2 Å². The lowest BCUT2D eigenvalue weighted by atomic mass is 10.0. The van der Waals surface area contributed by atoms with Gasteiger partial charge in [-0.3, -0.25) is 0 Å². The van der Waals surface area contributed by atoms with Crippen LogP contribution in [-0.2, 0) is 10.0 Å². The van der Waals surface area contributed by atoms with Gasteiger partial charge in [0.1, 0.15) is 11.6 Å².